The third-order valence-electron chi connectivity index (χ3n) is 6.22. The summed E-state index contributed by atoms with van der Waals surface area (Å²) in [5.74, 6) is -0.176. The molecule has 11 heteroatoms. The Morgan fingerprint density at radius 2 is 1.76 bits per heavy atom. The lowest BCUT2D eigenvalue weighted by Crippen LogP contribution is -2.36. The molecule has 1 amide bonds. The van der Waals surface area contributed by atoms with Gasteiger partial charge in [-0.2, -0.15) is 0 Å². The molecule has 1 aromatic heterocycles. The molecular weight excluding hydrogens is 495 g/mol. The van der Waals surface area contributed by atoms with Crippen molar-refractivity contribution in [3.63, 3.8) is 0 Å². The monoisotopic (exact) mass is 526 g/mol. The van der Waals surface area contributed by atoms with Gasteiger partial charge >= 0.3 is 6.09 Å². The molecule has 0 aliphatic carbocycles. The van der Waals surface area contributed by atoms with Crippen molar-refractivity contribution >= 4 is 28.6 Å². The van der Waals surface area contributed by atoms with Gasteiger partial charge in [-0.25, -0.2) is 19.2 Å². The molecular formula is C27H31FN4O6. The molecule has 4 rings (SSSR count). The van der Waals surface area contributed by atoms with Crippen LogP contribution in [0.15, 0.2) is 30.3 Å². The van der Waals surface area contributed by atoms with E-state index in [1.165, 1.54) is 32.1 Å². The maximum absolute atomic E-state index is 14.1. The molecule has 2 unspecified atom stereocenters. The molecule has 2 atom stereocenters. The number of aromatic hydroxyl groups is 1. The van der Waals surface area contributed by atoms with Gasteiger partial charge in [-0.15, -0.1) is 0 Å². The minimum Gasteiger partial charge on any atom is -0.507 e. The molecule has 2 heterocycles. The summed E-state index contributed by atoms with van der Waals surface area (Å²) in [4.78, 5) is 35.9. The first-order valence-electron chi connectivity index (χ1n) is 12.1. The second-order valence-electron chi connectivity index (χ2n) is 10.1. The fourth-order valence-electron chi connectivity index (χ4n) is 4.39. The Morgan fingerprint density at radius 1 is 1.08 bits per heavy atom. The van der Waals surface area contributed by atoms with Gasteiger partial charge < -0.3 is 29.5 Å². The van der Waals surface area contributed by atoms with E-state index in [1.807, 2.05) is 0 Å². The van der Waals surface area contributed by atoms with Crippen LogP contribution >= 0.6 is 0 Å². The van der Waals surface area contributed by atoms with Gasteiger partial charge in [-0.3, -0.25) is 4.79 Å². The maximum Gasteiger partial charge on any atom is 0.410 e. The molecule has 1 fully saturated rings. The van der Waals surface area contributed by atoms with Crippen molar-refractivity contribution in [2.45, 2.75) is 39.3 Å². The fraction of sp³-hybridized carbons (Fsp3) is 0.407. The number of anilines is 1. The quantitative estimate of drug-likeness (QED) is 0.481. The number of fused-ring (bicyclic) bond motifs is 1. The second-order valence-corrected chi connectivity index (χ2v) is 10.1. The van der Waals surface area contributed by atoms with Crippen LogP contribution in [-0.4, -0.2) is 70.8 Å². The first-order chi connectivity index (χ1) is 17.9. The number of ether oxygens (including phenoxy) is 3. The van der Waals surface area contributed by atoms with Gasteiger partial charge in [-0.1, -0.05) is 0 Å². The predicted octanol–water partition coefficient (Wildman–Crippen LogP) is 4.40. The van der Waals surface area contributed by atoms with Gasteiger partial charge in [0.25, 0.3) is 0 Å². The number of phenols is 1. The van der Waals surface area contributed by atoms with E-state index >= 15 is 0 Å². The Bertz CT molecular complexity index is 1390. The van der Waals surface area contributed by atoms with Crippen molar-refractivity contribution in [1.82, 2.24) is 14.9 Å². The second kappa shape index (κ2) is 10.3. The summed E-state index contributed by atoms with van der Waals surface area (Å²) in [6.07, 6.45) is -0.516. The number of ketones is 1. The number of nitrogens with zero attached hydrogens (tertiary/aromatic N) is 3. The van der Waals surface area contributed by atoms with Crippen molar-refractivity contribution in [3.05, 3.63) is 36.1 Å². The minimum absolute atomic E-state index is 0.0607. The zero-order valence-electron chi connectivity index (χ0n) is 22.2. The van der Waals surface area contributed by atoms with E-state index in [9.17, 15) is 19.1 Å². The van der Waals surface area contributed by atoms with E-state index in [4.69, 9.17) is 14.2 Å². The number of aromatic nitrogens is 2. The highest BCUT2D eigenvalue weighted by Crippen LogP contribution is 2.37. The summed E-state index contributed by atoms with van der Waals surface area (Å²) in [5, 5.41) is 14.3. The predicted molar refractivity (Wildman–Crippen MR) is 139 cm³/mol. The lowest BCUT2D eigenvalue weighted by molar-refractivity contribution is -0.120. The summed E-state index contributed by atoms with van der Waals surface area (Å²) in [7, 11) is 2.99. The summed E-state index contributed by atoms with van der Waals surface area (Å²) in [5.41, 5.74) is -0.163. The molecule has 0 spiro atoms. The Hall–Kier alpha value is -4.15. The first kappa shape index (κ1) is 26.9. The zero-order chi connectivity index (χ0) is 27.8. The average Bonchev–Trinajstić information content (AvgIpc) is 3.28. The number of carbonyl (C=O) groups excluding carboxylic acids is 2. The highest BCUT2D eigenvalue weighted by Gasteiger charge is 2.40. The van der Waals surface area contributed by atoms with Gasteiger partial charge in [0.05, 0.1) is 37.3 Å². The zero-order valence-corrected chi connectivity index (χ0v) is 22.2. The number of likely N-dealkylation sites (tertiary alicyclic amines) is 1. The van der Waals surface area contributed by atoms with Crippen molar-refractivity contribution in [2.75, 3.05) is 32.6 Å². The lowest BCUT2D eigenvalue weighted by atomic mass is 9.99. The Morgan fingerprint density at radius 3 is 2.39 bits per heavy atom. The molecule has 0 bridgehead atoms. The van der Waals surface area contributed by atoms with E-state index in [0.29, 0.717) is 28.2 Å². The van der Waals surface area contributed by atoms with Crippen LogP contribution in [0.5, 0.6) is 17.2 Å². The molecule has 10 nitrogen and oxygen atoms in total. The van der Waals surface area contributed by atoms with E-state index in [2.05, 4.69) is 15.3 Å². The number of methoxy groups -OCH3 is 2. The van der Waals surface area contributed by atoms with Gasteiger partial charge in [0, 0.05) is 24.5 Å². The lowest BCUT2D eigenvalue weighted by Gasteiger charge is -2.24. The standard InChI is InChI=1S/C27H31FN4O6/c1-14(33)18-12-32(26(35)38-27(2,3)4)13-20(18)30-24-16-10-22(36-5)23(37-6)11-19(16)29-25(31-24)17-9-15(28)7-8-21(17)34/h7-11,18,20,34H,12-13H2,1-6H3,(H,29,30,31). The third kappa shape index (κ3) is 5.56. The molecule has 2 aromatic carbocycles. The fourth-order valence-corrected chi connectivity index (χ4v) is 4.39. The number of rotatable bonds is 6. The van der Waals surface area contributed by atoms with Crippen LogP contribution in [0.3, 0.4) is 0 Å². The van der Waals surface area contributed by atoms with E-state index in [-0.39, 0.29) is 36.0 Å². The Kier molecular flexibility index (Phi) is 7.30. The summed E-state index contributed by atoms with van der Waals surface area (Å²) in [6.45, 7) is 7.17. The highest BCUT2D eigenvalue weighted by atomic mass is 19.1. The smallest absolute Gasteiger partial charge is 0.410 e. The van der Waals surface area contributed by atoms with Crippen LogP contribution < -0.4 is 14.8 Å². The van der Waals surface area contributed by atoms with Crippen LogP contribution in [0.25, 0.3) is 22.3 Å². The molecule has 1 aliphatic rings. The van der Waals surface area contributed by atoms with Crippen LogP contribution in [0, 0.1) is 11.7 Å². The molecule has 1 aliphatic heterocycles. The number of benzene rings is 2. The van der Waals surface area contributed by atoms with E-state index in [1.54, 1.807) is 32.9 Å². The van der Waals surface area contributed by atoms with E-state index in [0.717, 1.165) is 12.1 Å². The van der Waals surface area contributed by atoms with Gasteiger partial charge in [0.1, 0.15) is 28.8 Å². The van der Waals surface area contributed by atoms with Crippen LogP contribution in [0.2, 0.25) is 0 Å². The third-order valence-corrected chi connectivity index (χ3v) is 6.22. The Balaban J connectivity index is 1.81. The largest absolute Gasteiger partial charge is 0.507 e. The number of amides is 1. The molecule has 0 radical (unpaired) electrons. The molecule has 202 valence electrons. The summed E-state index contributed by atoms with van der Waals surface area (Å²) in [6, 6.07) is 6.33. The van der Waals surface area contributed by atoms with Crippen molar-refractivity contribution in [3.8, 4) is 28.6 Å². The Labute approximate surface area is 219 Å². The number of Topliss-reactive ketones (excluding diaryl/α,β-unsaturated/α-hetero) is 1. The number of hydrogen-bond donors (Lipinski definition) is 2. The SMILES string of the molecule is COc1cc2nc(-c3cc(F)ccc3O)nc(NC3CN(C(=O)OC(C)(C)C)CC3C(C)=O)c2cc1OC. The van der Waals surface area contributed by atoms with Crippen LogP contribution in [0.1, 0.15) is 27.7 Å². The number of hydrogen-bond acceptors (Lipinski definition) is 9. The molecule has 0 saturated carbocycles. The summed E-state index contributed by atoms with van der Waals surface area (Å²) < 4.78 is 30.4. The van der Waals surface area contributed by atoms with Gasteiger partial charge in [0.15, 0.2) is 17.3 Å². The van der Waals surface area contributed by atoms with Crippen molar-refractivity contribution in [1.29, 1.82) is 0 Å². The maximum atomic E-state index is 14.1. The van der Waals surface area contributed by atoms with Crippen molar-refractivity contribution < 1.29 is 33.3 Å². The summed E-state index contributed by atoms with van der Waals surface area (Å²) >= 11 is 0. The minimum atomic E-state index is -0.686. The van der Waals surface area contributed by atoms with Crippen molar-refractivity contribution in [2.24, 2.45) is 5.92 Å². The molecule has 2 N–H and O–H groups in total. The molecule has 1 saturated heterocycles. The number of carbonyl (C=O) groups is 2. The topological polar surface area (TPSA) is 123 Å². The number of halogens is 1. The van der Waals surface area contributed by atoms with Gasteiger partial charge in [0.2, 0.25) is 0 Å². The van der Waals surface area contributed by atoms with Gasteiger partial charge in [-0.05, 0) is 52.0 Å². The number of nitrogens with one attached hydrogen (secondary N) is 1. The highest BCUT2D eigenvalue weighted by molar-refractivity contribution is 5.94. The van der Waals surface area contributed by atoms with Crippen LogP contribution in [-0.2, 0) is 9.53 Å². The van der Waals surface area contributed by atoms with E-state index < -0.39 is 29.5 Å². The normalized spacial score (nSPS) is 17.4. The molecule has 3 aromatic rings. The number of phenolic OH excluding ortho intramolecular Hbond substituents is 1. The average molecular weight is 527 g/mol. The first-order valence-corrected chi connectivity index (χ1v) is 12.1. The van der Waals surface area contributed by atoms with Crippen LogP contribution in [0.4, 0.5) is 15.0 Å². The molecule has 38 heavy (non-hydrogen) atoms.